The molecule has 0 bridgehead atoms. The van der Waals surface area contributed by atoms with Gasteiger partial charge in [0.1, 0.15) is 0 Å². The fourth-order valence-corrected chi connectivity index (χ4v) is 3.53. The Hall–Kier alpha value is -0.633. The summed E-state index contributed by atoms with van der Waals surface area (Å²) in [5.74, 6) is 0. The van der Waals surface area contributed by atoms with Crippen LogP contribution >= 0.6 is 0 Å². The molecule has 0 heterocycles. The molecule has 0 aliphatic heterocycles. The molecule has 0 fully saturated rings. The average molecular weight is 252 g/mol. The maximum absolute atomic E-state index is 9.65. The molecule has 98 valence electrons. The molecule has 0 aromatic carbocycles. The van der Waals surface area contributed by atoms with Crippen molar-refractivity contribution in [2.75, 3.05) is 13.2 Å². The van der Waals surface area contributed by atoms with Crippen molar-refractivity contribution < 1.29 is 18.8 Å². The number of carbonyl (C=O) groups is 1. The zero-order valence-corrected chi connectivity index (χ0v) is 11.5. The largest absolute Gasteiger partial charge is 0.393 e. The van der Waals surface area contributed by atoms with E-state index >= 15 is 0 Å². The minimum absolute atomic E-state index is 0.419. The molecular weight excluding hydrogens is 228 g/mol. The van der Waals surface area contributed by atoms with Crippen LogP contribution in [0.3, 0.4) is 0 Å². The molecule has 6 nitrogen and oxygen atoms in total. The Morgan fingerprint density at radius 1 is 1.25 bits per heavy atom. The van der Waals surface area contributed by atoms with Crippen LogP contribution in [0.25, 0.3) is 0 Å². The lowest BCUT2D eigenvalue weighted by Gasteiger charge is -2.29. The van der Waals surface area contributed by atoms with Crippen molar-refractivity contribution in [1.29, 1.82) is 0 Å². The normalized spacial score (nSPS) is 12.6. The highest BCUT2D eigenvalue weighted by Gasteiger charge is 2.38. The summed E-state index contributed by atoms with van der Waals surface area (Å²) in [6.45, 7) is 8.92. The summed E-state index contributed by atoms with van der Waals surface area (Å²) in [4.78, 5) is 9.00. The second kappa shape index (κ2) is 9.58. The fourth-order valence-electron chi connectivity index (χ4n) is 1.18. The summed E-state index contributed by atoms with van der Waals surface area (Å²) in [5.41, 5.74) is 8.08. The van der Waals surface area contributed by atoms with E-state index in [2.05, 4.69) is 11.5 Å². The van der Waals surface area contributed by atoms with Crippen molar-refractivity contribution in [3.05, 3.63) is 0 Å². The van der Waals surface area contributed by atoms with E-state index in [1.165, 1.54) is 0 Å². The van der Waals surface area contributed by atoms with Crippen LogP contribution in [0.4, 0.5) is 4.79 Å². The third-order valence-electron chi connectivity index (χ3n) is 1.85. The van der Waals surface area contributed by atoms with E-state index in [1.54, 1.807) is 0 Å². The molecule has 0 aromatic rings. The first-order chi connectivity index (χ1) is 7.33. The number of urea groups is 1. The highest BCUT2D eigenvalue weighted by molar-refractivity contribution is 6.67. The average Bonchev–Trinajstić information content (AvgIpc) is 2.16. The van der Waals surface area contributed by atoms with E-state index in [1.807, 2.05) is 27.3 Å². The summed E-state index contributed by atoms with van der Waals surface area (Å²) >= 11 is 0. The van der Waals surface area contributed by atoms with Crippen LogP contribution in [0, 0.1) is 0 Å². The first kappa shape index (κ1) is 17.8. The van der Waals surface area contributed by atoms with Crippen LogP contribution in [0.1, 0.15) is 27.2 Å². The summed E-state index contributed by atoms with van der Waals surface area (Å²) in [5, 5.41) is 9.65. The van der Waals surface area contributed by atoms with Gasteiger partial charge in [-0.05, 0) is 26.8 Å². The zero-order valence-electron chi connectivity index (χ0n) is 10.5. The minimum atomic E-state index is -2.30. The zero-order chi connectivity index (χ0) is 13.2. The number of hydrogen-bond donors (Lipinski definition) is 3. The summed E-state index contributed by atoms with van der Waals surface area (Å²) < 4.78 is 11.0. The number of nitrogens with two attached hydrogens (primary N) is 2. The molecule has 16 heavy (non-hydrogen) atoms. The minimum Gasteiger partial charge on any atom is -0.393 e. The van der Waals surface area contributed by atoms with Crippen LogP contribution in [0.2, 0.25) is 6.55 Å². The van der Waals surface area contributed by atoms with Gasteiger partial charge in [-0.2, -0.15) is 0 Å². The molecule has 0 spiro atoms. The van der Waals surface area contributed by atoms with Gasteiger partial charge < -0.3 is 25.4 Å². The summed E-state index contributed by atoms with van der Waals surface area (Å²) in [7, 11) is -2.30. The van der Waals surface area contributed by atoms with Gasteiger partial charge in [-0.15, -0.1) is 0 Å². The second-order valence-electron chi connectivity index (χ2n) is 3.21. The van der Waals surface area contributed by atoms with Gasteiger partial charge in [0.25, 0.3) is 0 Å². The van der Waals surface area contributed by atoms with E-state index in [0.717, 1.165) is 0 Å². The lowest BCUT2D eigenvalue weighted by atomic mass is 10.5. The first-order valence-electron chi connectivity index (χ1n) is 5.34. The number of primary amides is 2. The summed E-state index contributed by atoms with van der Waals surface area (Å²) in [6, 6.07) is -0.833. The molecule has 0 aliphatic carbocycles. The predicted octanol–water partition coefficient (Wildman–Crippen LogP) is 0.465. The Labute approximate surface area is 98.2 Å². The predicted molar refractivity (Wildman–Crippen MR) is 64.9 cm³/mol. The van der Waals surface area contributed by atoms with Gasteiger partial charge in [-0.1, -0.05) is 6.92 Å². The lowest BCUT2D eigenvalue weighted by molar-refractivity contribution is 0.114. The molecule has 0 aliphatic rings. The maximum atomic E-state index is 9.65. The first-order valence-corrected chi connectivity index (χ1v) is 7.74. The van der Waals surface area contributed by atoms with Crippen molar-refractivity contribution in [2.24, 2.45) is 11.5 Å². The van der Waals surface area contributed by atoms with Gasteiger partial charge in [0.15, 0.2) is 0 Å². The molecule has 5 N–H and O–H groups in total. The smallest absolute Gasteiger partial charge is 0.364 e. The molecule has 0 radical (unpaired) electrons. The SMILES string of the molecule is CCO[Si](C)(OCC)C(O)CC.NC(N)=O. The van der Waals surface area contributed by atoms with Crippen molar-refractivity contribution in [3.8, 4) is 0 Å². The fraction of sp³-hybridized carbons (Fsp3) is 0.889. The molecule has 0 saturated heterocycles. The maximum Gasteiger partial charge on any atom is 0.364 e. The Morgan fingerprint density at radius 3 is 1.75 bits per heavy atom. The van der Waals surface area contributed by atoms with Crippen LogP contribution in [-0.2, 0) is 8.85 Å². The highest BCUT2D eigenvalue weighted by atomic mass is 28.4. The van der Waals surface area contributed by atoms with E-state index in [-0.39, 0.29) is 0 Å². The quantitative estimate of drug-likeness (QED) is 0.597. The number of aliphatic hydroxyl groups is 1. The highest BCUT2D eigenvalue weighted by Crippen LogP contribution is 2.14. The van der Waals surface area contributed by atoms with E-state index in [4.69, 9.17) is 13.6 Å². The Balaban J connectivity index is 0. The van der Waals surface area contributed by atoms with Gasteiger partial charge in [0, 0.05) is 13.2 Å². The topological polar surface area (TPSA) is 108 Å². The van der Waals surface area contributed by atoms with Gasteiger partial charge in [0.2, 0.25) is 0 Å². The molecule has 0 aromatic heterocycles. The van der Waals surface area contributed by atoms with E-state index in [0.29, 0.717) is 19.6 Å². The molecule has 2 amide bonds. The standard InChI is InChI=1S/C8H20O3Si.CH4N2O/c1-5-8(9)12(4,10-6-2)11-7-3;2-1(3)4/h8-9H,5-7H2,1-4H3;(H4,2,3,4). The molecule has 1 unspecified atom stereocenters. The number of aliphatic hydroxyl groups excluding tert-OH is 1. The third-order valence-corrected chi connectivity index (χ3v) is 5.20. The van der Waals surface area contributed by atoms with Gasteiger partial charge in [-0.25, -0.2) is 4.79 Å². The van der Waals surface area contributed by atoms with Gasteiger partial charge >= 0.3 is 14.6 Å². The summed E-state index contributed by atoms with van der Waals surface area (Å²) in [6.07, 6.45) is 0.697. The molecule has 0 rings (SSSR count). The van der Waals surface area contributed by atoms with Crippen LogP contribution < -0.4 is 11.5 Å². The van der Waals surface area contributed by atoms with Gasteiger partial charge in [-0.3, -0.25) is 0 Å². The number of rotatable bonds is 6. The Bertz CT molecular complexity index is 182. The number of carbonyl (C=O) groups excluding carboxylic acids is 1. The van der Waals surface area contributed by atoms with E-state index in [9.17, 15) is 5.11 Å². The van der Waals surface area contributed by atoms with Crippen LogP contribution in [-0.4, -0.2) is 38.6 Å². The number of hydrogen-bond acceptors (Lipinski definition) is 4. The van der Waals surface area contributed by atoms with Crippen LogP contribution in [0.15, 0.2) is 0 Å². The number of amides is 2. The van der Waals surface area contributed by atoms with Crippen molar-refractivity contribution >= 4 is 14.6 Å². The molecular formula is C9H24N2O4Si. The van der Waals surface area contributed by atoms with Crippen molar-refractivity contribution in [2.45, 2.75) is 39.5 Å². The second-order valence-corrected chi connectivity index (χ2v) is 6.48. The lowest BCUT2D eigenvalue weighted by Crippen LogP contribution is -2.50. The van der Waals surface area contributed by atoms with Crippen molar-refractivity contribution in [1.82, 2.24) is 0 Å². The van der Waals surface area contributed by atoms with E-state index < -0.39 is 20.3 Å². The molecule has 1 atom stereocenters. The molecule has 0 saturated carbocycles. The third kappa shape index (κ3) is 8.66. The van der Waals surface area contributed by atoms with Crippen LogP contribution in [0.5, 0.6) is 0 Å². The van der Waals surface area contributed by atoms with Crippen molar-refractivity contribution in [3.63, 3.8) is 0 Å². The molecule has 7 heteroatoms. The Morgan fingerprint density at radius 2 is 1.56 bits per heavy atom. The monoisotopic (exact) mass is 252 g/mol. The Kier molecular flexibility index (Phi) is 10.6. The van der Waals surface area contributed by atoms with Gasteiger partial charge in [0.05, 0.1) is 5.73 Å².